The molecule has 29 heavy (non-hydrogen) atoms. The Morgan fingerprint density at radius 1 is 0.862 bits per heavy atom. The maximum atomic E-state index is 12.8. The lowest BCUT2D eigenvalue weighted by atomic mass is 9.59. The highest BCUT2D eigenvalue weighted by molar-refractivity contribution is 5.82. The van der Waals surface area contributed by atoms with Crippen LogP contribution in [0.2, 0.25) is 0 Å². The van der Waals surface area contributed by atoms with Crippen molar-refractivity contribution in [2.75, 3.05) is 6.54 Å². The largest absolute Gasteiger partial charge is 0.480 e. The van der Waals surface area contributed by atoms with Gasteiger partial charge < -0.3 is 10.1 Å². The Kier molecular flexibility index (Phi) is 3.77. The van der Waals surface area contributed by atoms with Gasteiger partial charge in [0.25, 0.3) is 5.91 Å². The van der Waals surface area contributed by atoms with Crippen LogP contribution in [0.15, 0.2) is 72.8 Å². The van der Waals surface area contributed by atoms with Crippen molar-refractivity contribution >= 4 is 5.91 Å². The summed E-state index contributed by atoms with van der Waals surface area (Å²) in [6.07, 6.45) is 1.34. The van der Waals surface area contributed by atoms with E-state index in [1.807, 2.05) is 24.3 Å². The number of ether oxygens (including phenoxy) is 1. The number of carbonyl (C=O) groups excluding carboxylic acids is 1. The Balaban J connectivity index is 1.22. The van der Waals surface area contributed by atoms with Gasteiger partial charge in [-0.1, -0.05) is 66.7 Å². The van der Waals surface area contributed by atoms with E-state index in [9.17, 15) is 4.79 Å². The highest BCUT2D eigenvalue weighted by Crippen LogP contribution is 2.55. The fourth-order valence-corrected chi connectivity index (χ4v) is 5.63. The zero-order valence-electron chi connectivity index (χ0n) is 16.2. The minimum absolute atomic E-state index is 0.00390. The molecule has 1 heterocycles. The molecule has 1 N–H and O–H groups in total. The molecule has 0 saturated heterocycles. The first kappa shape index (κ1) is 16.8. The van der Waals surface area contributed by atoms with Crippen molar-refractivity contribution in [2.45, 2.75) is 30.8 Å². The molecule has 3 aromatic rings. The maximum Gasteiger partial charge on any atom is 0.261 e. The van der Waals surface area contributed by atoms with Crippen molar-refractivity contribution in [1.29, 1.82) is 0 Å². The molecule has 4 aliphatic rings. The van der Waals surface area contributed by atoms with Crippen LogP contribution < -0.4 is 10.1 Å². The van der Waals surface area contributed by atoms with Crippen molar-refractivity contribution in [3.8, 4) is 5.75 Å². The van der Waals surface area contributed by atoms with E-state index in [2.05, 4.69) is 53.8 Å². The number of para-hydroxylation sites is 1. The van der Waals surface area contributed by atoms with Gasteiger partial charge in [0.05, 0.1) is 0 Å². The van der Waals surface area contributed by atoms with Gasteiger partial charge in [0.1, 0.15) is 5.75 Å². The molecule has 0 fully saturated rings. The number of benzene rings is 3. The van der Waals surface area contributed by atoms with E-state index in [1.165, 1.54) is 22.3 Å². The highest BCUT2D eigenvalue weighted by atomic mass is 16.5. The molecule has 3 heteroatoms. The molecule has 7 rings (SSSR count). The van der Waals surface area contributed by atoms with Crippen LogP contribution >= 0.6 is 0 Å². The Bertz CT molecular complexity index is 1030. The van der Waals surface area contributed by atoms with E-state index in [1.54, 1.807) is 0 Å². The number of fused-ring (bicyclic) bond motifs is 2. The van der Waals surface area contributed by atoms with Crippen LogP contribution in [-0.2, 0) is 11.2 Å². The number of hydrogen-bond acceptors (Lipinski definition) is 2. The fourth-order valence-electron chi connectivity index (χ4n) is 5.63. The van der Waals surface area contributed by atoms with E-state index in [0.717, 1.165) is 17.7 Å². The number of hydrogen-bond donors (Lipinski definition) is 1. The molecule has 3 aromatic carbocycles. The SMILES string of the molecule is O=C(NC[C@@H]1CC2c3ccccc3C1c1ccccc12)[C@@H]1Cc2ccccc2O1. The van der Waals surface area contributed by atoms with Gasteiger partial charge in [-0.05, 0) is 46.2 Å². The molecule has 2 atom stereocenters. The van der Waals surface area contributed by atoms with Crippen molar-refractivity contribution in [3.63, 3.8) is 0 Å². The number of carbonyl (C=O) groups is 1. The summed E-state index contributed by atoms with van der Waals surface area (Å²) in [6, 6.07) is 25.6. The molecule has 0 unspecified atom stereocenters. The summed E-state index contributed by atoms with van der Waals surface area (Å²) in [4.78, 5) is 12.8. The van der Waals surface area contributed by atoms with Crippen molar-refractivity contribution in [3.05, 3.63) is 101 Å². The molecule has 0 radical (unpaired) electrons. The number of nitrogens with one attached hydrogen (secondary N) is 1. The molecule has 0 spiro atoms. The Hall–Kier alpha value is -3.07. The van der Waals surface area contributed by atoms with Crippen LogP contribution in [-0.4, -0.2) is 18.6 Å². The molecule has 1 amide bonds. The summed E-state index contributed by atoms with van der Waals surface area (Å²) < 4.78 is 5.87. The van der Waals surface area contributed by atoms with Crippen LogP contribution in [0.4, 0.5) is 0 Å². The van der Waals surface area contributed by atoms with Crippen LogP contribution in [0.1, 0.15) is 46.1 Å². The lowest BCUT2D eigenvalue weighted by molar-refractivity contribution is -0.127. The average Bonchev–Trinajstić information content (AvgIpc) is 3.22. The van der Waals surface area contributed by atoms with Crippen LogP contribution in [0.5, 0.6) is 5.75 Å². The Labute approximate surface area is 170 Å². The summed E-state index contributed by atoms with van der Waals surface area (Å²) in [5.74, 6) is 2.05. The third kappa shape index (κ3) is 2.61. The topological polar surface area (TPSA) is 38.3 Å². The van der Waals surface area contributed by atoms with E-state index in [-0.39, 0.29) is 5.91 Å². The molecule has 144 valence electrons. The standard InChI is InChI=1S/C26H23NO2/c28-26(24-14-16-7-1-6-12-23(16)29-24)27-15-17-13-22-18-8-2-4-10-20(18)25(17)21-11-5-3-9-19(21)22/h1-12,17,22,24-25H,13-15H2,(H,27,28)/t17-,22?,24-,25?/m0/s1. The fraction of sp³-hybridized carbons (Fsp3) is 0.269. The smallest absolute Gasteiger partial charge is 0.261 e. The van der Waals surface area contributed by atoms with Gasteiger partial charge in [0.15, 0.2) is 6.10 Å². The monoisotopic (exact) mass is 381 g/mol. The number of amides is 1. The van der Waals surface area contributed by atoms with Crippen molar-refractivity contribution in [1.82, 2.24) is 5.32 Å². The zero-order chi connectivity index (χ0) is 19.4. The second-order valence-electron chi connectivity index (χ2n) is 8.45. The summed E-state index contributed by atoms with van der Waals surface area (Å²) in [5.41, 5.74) is 6.92. The summed E-state index contributed by atoms with van der Waals surface area (Å²) in [7, 11) is 0. The molecule has 0 saturated carbocycles. The van der Waals surface area contributed by atoms with Gasteiger partial charge in [-0.2, -0.15) is 0 Å². The summed E-state index contributed by atoms with van der Waals surface area (Å²) in [6.45, 7) is 0.693. The van der Waals surface area contributed by atoms with E-state index in [0.29, 0.717) is 30.7 Å². The lowest BCUT2D eigenvalue weighted by Gasteiger charge is -2.45. The quantitative estimate of drug-likeness (QED) is 0.730. The van der Waals surface area contributed by atoms with Crippen molar-refractivity contribution < 1.29 is 9.53 Å². The predicted molar refractivity (Wildman–Crippen MR) is 112 cm³/mol. The van der Waals surface area contributed by atoms with Gasteiger partial charge in [0, 0.05) is 24.8 Å². The molecule has 3 aliphatic carbocycles. The first-order valence-electron chi connectivity index (χ1n) is 10.5. The summed E-state index contributed by atoms with van der Waals surface area (Å²) in [5, 5.41) is 3.21. The average molecular weight is 381 g/mol. The van der Waals surface area contributed by atoms with Gasteiger partial charge in [0.2, 0.25) is 0 Å². The second-order valence-corrected chi connectivity index (χ2v) is 8.45. The van der Waals surface area contributed by atoms with Gasteiger partial charge in [-0.25, -0.2) is 0 Å². The van der Waals surface area contributed by atoms with Gasteiger partial charge >= 0.3 is 0 Å². The zero-order valence-corrected chi connectivity index (χ0v) is 16.2. The van der Waals surface area contributed by atoms with E-state index < -0.39 is 6.10 Å². The lowest BCUT2D eigenvalue weighted by Crippen LogP contribution is -2.43. The normalized spacial score (nSPS) is 25.5. The molecular weight excluding hydrogens is 358 g/mol. The third-order valence-corrected chi connectivity index (χ3v) is 6.90. The Morgan fingerprint density at radius 3 is 2.17 bits per heavy atom. The molecule has 1 aliphatic heterocycles. The van der Waals surface area contributed by atoms with Crippen LogP contribution in [0.3, 0.4) is 0 Å². The van der Waals surface area contributed by atoms with E-state index >= 15 is 0 Å². The Morgan fingerprint density at radius 2 is 1.48 bits per heavy atom. The van der Waals surface area contributed by atoms with E-state index in [4.69, 9.17) is 4.74 Å². The molecule has 0 aromatic heterocycles. The molecule has 3 nitrogen and oxygen atoms in total. The number of rotatable bonds is 3. The van der Waals surface area contributed by atoms with Crippen molar-refractivity contribution in [2.24, 2.45) is 5.92 Å². The molecular formula is C26H23NO2. The van der Waals surface area contributed by atoms with Gasteiger partial charge in [-0.15, -0.1) is 0 Å². The first-order valence-corrected chi connectivity index (χ1v) is 10.5. The molecule has 2 bridgehead atoms. The summed E-state index contributed by atoms with van der Waals surface area (Å²) >= 11 is 0. The van der Waals surface area contributed by atoms with Gasteiger partial charge in [-0.3, -0.25) is 4.79 Å². The minimum atomic E-state index is -0.409. The minimum Gasteiger partial charge on any atom is -0.480 e. The van der Waals surface area contributed by atoms with Crippen LogP contribution in [0.25, 0.3) is 0 Å². The third-order valence-electron chi connectivity index (χ3n) is 6.90. The predicted octanol–water partition coefficient (Wildman–Crippen LogP) is 4.40. The first-order chi connectivity index (χ1) is 14.3. The van der Waals surface area contributed by atoms with Crippen LogP contribution in [0, 0.1) is 5.92 Å². The maximum absolute atomic E-state index is 12.8. The highest BCUT2D eigenvalue weighted by Gasteiger charge is 2.43. The second kappa shape index (κ2) is 6.48.